The molecule has 4 rings (SSSR count). The Balaban J connectivity index is 1.92. The molecule has 1 atom stereocenters. The van der Waals surface area contributed by atoms with E-state index < -0.39 is 17.5 Å². The van der Waals surface area contributed by atoms with E-state index in [1.165, 1.54) is 0 Å². The van der Waals surface area contributed by atoms with Crippen LogP contribution < -0.4 is 20.8 Å². The molecule has 1 aliphatic heterocycles. The lowest BCUT2D eigenvalue weighted by molar-refractivity contribution is -0.139. The highest BCUT2D eigenvalue weighted by Gasteiger charge is 2.39. The van der Waals surface area contributed by atoms with Crippen molar-refractivity contribution in [3.05, 3.63) is 81.5 Å². The van der Waals surface area contributed by atoms with Crippen molar-refractivity contribution in [2.24, 2.45) is 5.73 Å². The van der Waals surface area contributed by atoms with Gasteiger partial charge in [-0.3, -0.25) is 0 Å². The van der Waals surface area contributed by atoms with Gasteiger partial charge in [-0.25, -0.2) is 9.59 Å². The van der Waals surface area contributed by atoms with Crippen LogP contribution in [0.4, 0.5) is 0 Å². The molecule has 2 N–H and O–H groups in total. The highest BCUT2D eigenvalue weighted by atomic mass is 16.5. The van der Waals surface area contributed by atoms with Crippen LogP contribution in [0.2, 0.25) is 0 Å². The SMILES string of the molecule is CCCOc1ccc([C@@H]2C(C(=O)OCC)=C(N)Oc3c2c(=O)oc2ccccc32)cc1. The van der Waals surface area contributed by atoms with Crippen molar-refractivity contribution in [3.8, 4) is 11.5 Å². The molecule has 2 heterocycles. The average molecular weight is 421 g/mol. The summed E-state index contributed by atoms with van der Waals surface area (Å²) in [6.07, 6.45) is 0.884. The maximum absolute atomic E-state index is 13.0. The van der Waals surface area contributed by atoms with Gasteiger partial charge in [-0.1, -0.05) is 31.2 Å². The first-order chi connectivity index (χ1) is 15.0. The maximum Gasteiger partial charge on any atom is 0.344 e. The van der Waals surface area contributed by atoms with Crippen molar-refractivity contribution in [2.75, 3.05) is 13.2 Å². The van der Waals surface area contributed by atoms with Gasteiger partial charge >= 0.3 is 11.6 Å². The van der Waals surface area contributed by atoms with Crippen LogP contribution >= 0.6 is 0 Å². The van der Waals surface area contributed by atoms with Gasteiger partial charge in [0, 0.05) is 0 Å². The summed E-state index contributed by atoms with van der Waals surface area (Å²) in [4.78, 5) is 25.8. The van der Waals surface area contributed by atoms with E-state index in [9.17, 15) is 9.59 Å². The predicted octanol–water partition coefficient (Wildman–Crippen LogP) is 3.84. The largest absolute Gasteiger partial charge is 0.494 e. The van der Waals surface area contributed by atoms with Crippen LogP contribution in [0.1, 0.15) is 37.3 Å². The van der Waals surface area contributed by atoms with Crippen LogP contribution in [0.25, 0.3) is 11.0 Å². The van der Waals surface area contributed by atoms with Gasteiger partial charge < -0.3 is 24.4 Å². The van der Waals surface area contributed by atoms with E-state index in [-0.39, 0.29) is 29.4 Å². The first-order valence-electron chi connectivity index (χ1n) is 10.2. The zero-order valence-electron chi connectivity index (χ0n) is 17.3. The highest BCUT2D eigenvalue weighted by Crippen LogP contribution is 2.44. The van der Waals surface area contributed by atoms with Gasteiger partial charge in [0.2, 0.25) is 5.88 Å². The Bertz CT molecular complexity index is 1210. The Morgan fingerprint density at radius 3 is 2.55 bits per heavy atom. The summed E-state index contributed by atoms with van der Waals surface area (Å²) >= 11 is 0. The van der Waals surface area contributed by atoms with Gasteiger partial charge in [0.1, 0.15) is 16.9 Å². The van der Waals surface area contributed by atoms with Gasteiger partial charge in [-0.05, 0) is 43.2 Å². The molecule has 3 aromatic rings. The number of rotatable bonds is 6. The van der Waals surface area contributed by atoms with E-state index >= 15 is 0 Å². The van der Waals surface area contributed by atoms with Crippen molar-refractivity contribution in [1.29, 1.82) is 0 Å². The normalized spacial score (nSPS) is 15.4. The number of benzene rings is 2. The third kappa shape index (κ3) is 3.74. The molecule has 0 aliphatic carbocycles. The fourth-order valence-electron chi connectivity index (χ4n) is 3.68. The Labute approximate surface area is 179 Å². The smallest absolute Gasteiger partial charge is 0.344 e. The van der Waals surface area contributed by atoms with E-state index in [0.29, 0.717) is 28.9 Å². The summed E-state index contributed by atoms with van der Waals surface area (Å²) in [5, 5.41) is 0.593. The molecule has 0 amide bonds. The number of para-hydroxylation sites is 1. The number of carbonyl (C=O) groups excluding carboxylic acids is 1. The minimum Gasteiger partial charge on any atom is -0.494 e. The molecule has 2 aromatic carbocycles. The molecule has 0 saturated carbocycles. The maximum atomic E-state index is 13.0. The molecule has 0 saturated heterocycles. The fraction of sp³-hybridized carbons (Fsp3) is 0.250. The second kappa shape index (κ2) is 8.55. The highest BCUT2D eigenvalue weighted by molar-refractivity contribution is 5.94. The molecule has 0 fully saturated rings. The molecule has 1 aromatic heterocycles. The molecular weight excluding hydrogens is 398 g/mol. The molecule has 7 heteroatoms. The minimum absolute atomic E-state index is 0.0687. The van der Waals surface area contributed by atoms with Gasteiger partial charge in [0.25, 0.3) is 0 Å². The summed E-state index contributed by atoms with van der Waals surface area (Å²) in [5.41, 5.74) is 6.91. The molecule has 0 radical (unpaired) electrons. The number of fused-ring (bicyclic) bond motifs is 3. The zero-order valence-corrected chi connectivity index (χ0v) is 17.3. The summed E-state index contributed by atoms with van der Waals surface area (Å²) in [7, 11) is 0. The van der Waals surface area contributed by atoms with E-state index in [2.05, 4.69) is 0 Å². The number of esters is 1. The van der Waals surface area contributed by atoms with E-state index in [1.54, 1.807) is 49.4 Å². The first-order valence-corrected chi connectivity index (χ1v) is 10.2. The lowest BCUT2D eigenvalue weighted by Crippen LogP contribution is -2.31. The van der Waals surface area contributed by atoms with Crippen LogP contribution in [0.15, 0.2) is 69.2 Å². The average Bonchev–Trinajstić information content (AvgIpc) is 2.77. The van der Waals surface area contributed by atoms with E-state index in [1.807, 2.05) is 13.0 Å². The fourth-order valence-corrected chi connectivity index (χ4v) is 3.68. The van der Waals surface area contributed by atoms with Crippen LogP contribution in [-0.4, -0.2) is 19.2 Å². The van der Waals surface area contributed by atoms with Gasteiger partial charge in [-0.2, -0.15) is 0 Å². The first kappa shape index (κ1) is 20.5. The number of hydrogen-bond donors (Lipinski definition) is 1. The third-order valence-electron chi connectivity index (χ3n) is 5.04. The standard InChI is InChI=1S/C24H23NO6/c1-3-13-29-15-11-9-14(10-12-15)18-19-21(31-22(25)20(18)23(26)28-4-2)16-7-5-6-8-17(16)30-24(19)27/h5-12,18H,3-4,13,25H2,1-2H3/t18-/m0/s1. The third-order valence-corrected chi connectivity index (χ3v) is 5.04. The predicted molar refractivity (Wildman–Crippen MR) is 115 cm³/mol. The molecule has 160 valence electrons. The Morgan fingerprint density at radius 2 is 1.84 bits per heavy atom. The van der Waals surface area contributed by atoms with Crippen molar-refractivity contribution in [3.63, 3.8) is 0 Å². The second-order valence-corrected chi connectivity index (χ2v) is 7.08. The van der Waals surface area contributed by atoms with Gasteiger partial charge in [-0.15, -0.1) is 0 Å². The topological polar surface area (TPSA) is 101 Å². The van der Waals surface area contributed by atoms with Crippen LogP contribution in [0.3, 0.4) is 0 Å². The Hall–Kier alpha value is -3.74. The van der Waals surface area contributed by atoms with E-state index in [4.69, 9.17) is 24.4 Å². The lowest BCUT2D eigenvalue weighted by Gasteiger charge is -2.28. The van der Waals surface area contributed by atoms with Gasteiger partial charge in [0.15, 0.2) is 5.75 Å². The summed E-state index contributed by atoms with van der Waals surface area (Å²) in [6.45, 7) is 4.47. The second-order valence-electron chi connectivity index (χ2n) is 7.08. The van der Waals surface area contributed by atoms with Crippen molar-refractivity contribution >= 4 is 16.9 Å². The molecule has 1 aliphatic rings. The Kier molecular flexibility index (Phi) is 5.66. The number of ether oxygens (including phenoxy) is 3. The molecule has 7 nitrogen and oxygen atoms in total. The molecular formula is C24H23NO6. The molecule has 0 spiro atoms. The summed E-state index contributed by atoms with van der Waals surface area (Å²) < 4.78 is 22.2. The van der Waals surface area contributed by atoms with Crippen molar-refractivity contribution < 1.29 is 23.4 Å². The monoisotopic (exact) mass is 421 g/mol. The quantitative estimate of drug-likeness (QED) is 0.477. The molecule has 0 unspecified atom stereocenters. The van der Waals surface area contributed by atoms with Crippen LogP contribution in [0, 0.1) is 0 Å². The molecule has 0 bridgehead atoms. The van der Waals surface area contributed by atoms with Crippen molar-refractivity contribution in [2.45, 2.75) is 26.2 Å². The van der Waals surface area contributed by atoms with E-state index in [0.717, 1.165) is 6.42 Å². The molecule has 31 heavy (non-hydrogen) atoms. The lowest BCUT2D eigenvalue weighted by atomic mass is 9.83. The number of hydrogen-bond acceptors (Lipinski definition) is 7. The number of nitrogens with two attached hydrogens (primary N) is 1. The summed E-state index contributed by atoms with van der Waals surface area (Å²) in [6, 6.07) is 14.2. The van der Waals surface area contributed by atoms with Crippen molar-refractivity contribution in [1.82, 2.24) is 0 Å². The number of carbonyl (C=O) groups is 1. The van der Waals surface area contributed by atoms with Crippen LogP contribution in [-0.2, 0) is 9.53 Å². The summed E-state index contributed by atoms with van der Waals surface area (Å²) in [5.74, 6) is -0.566. The minimum atomic E-state index is -0.802. The van der Waals surface area contributed by atoms with Gasteiger partial charge in [0.05, 0.1) is 30.1 Å². The Morgan fingerprint density at radius 1 is 1.10 bits per heavy atom. The van der Waals surface area contributed by atoms with Crippen LogP contribution in [0.5, 0.6) is 11.5 Å². The zero-order chi connectivity index (χ0) is 22.0.